The van der Waals surface area contributed by atoms with Gasteiger partial charge in [-0.25, -0.2) is 0 Å². The molecule has 16 rings (SSSR count). The SMILES string of the molecule is c1ccc(-c2cccc(N(c3ccc4c(-c5ccccc5)c(-c5ccccc5)oc4c3)c3cc4c5ccccc5c(N(c5cccc(-c6ccccc6)c5)c5ccc6c(-c7ccccc7)c(-c7ccccc7)oc6c5)cc4c4ccccc34)c2)cc1. The van der Waals surface area contributed by atoms with Crippen molar-refractivity contribution in [2.24, 2.45) is 0 Å². The van der Waals surface area contributed by atoms with Crippen LogP contribution in [0.25, 0.3) is 121 Å². The van der Waals surface area contributed by atoms with Gasteiger partial charge in [-0.05, 0) is 116 Å². The second-order valence-corrected chi connectivity index (χ2v) is 21.9. The number of anilines is 6. The van der Waals surface area contributed by atoms with E-state index in [-0.39, 0.29) is 0 Å². The summed E-state index contributed by atoms with van der Waals surface area (Å²) in [6, 6.07) is 117. The average Bonchev–Trinajstić information content (AvgIpc) is 1.07. The molecule has 0 atom stereocenters. The van der Waals surface area contributed by atoms with E-state index in [1.807, 2.05) is 0 Å². The second-order valence-electron chi connectivity index (χ2n) is 21.9. The van der Waals surface area contributed by atoms with E-state index in [0.717, 1.165) is 156 Å². The number of hydrogen-bond donors (Lipinski definition) is 0. The number of fused-ring (bicyclic) bond motifs is 7. The zero-order valence-corrected chi connectivity index (χ0v) is 46.9. The van der Waals surface area contributed by atoms with E-state index in [0.29, 0.717) is 0 Å². The molecule has 0 aliphatic heterocycles. The maximum atomic E-state index is 7.09. The van der Waals surface area contributed by atoms with Gasteiger partial charge in [-0.3, -0.25) is 0 Å². The smallest absolute Gasteiger partial charge is 0.143 e. The Balaban J connectivity index is 0.938. The van der Waals surface area contributed by atoms with Gasteiger partial charge in [-0.15, -0.1) is 0 Å². The fraction of sp³-hybridized carbons (Fsp3) is 0. The first-order chi connectivity index (χ1) is 42.7. The van der Waals surface area contributed by atoms with E-state index in [1.165, 1.54) is 0 Å². The fourth-order valence-corrected chi connectivity index (χ4v) is 12.9. The molecule has 0 N–H and O–H groups in total. The molecule has 0 fully saturated rings. The van der Waals surface area contributed by atoms with Gasteiger partial charge in [0.1, 0.15) is 22.7 Å². The Morgan fingerprint density at radius 1 is 0.186 bits per heavy atom. The molecule has 0 aliphatic rings. The van der Waals surface area contributed by atoms with E-state index >= 15 is 0 Å². The molecule has 0 spiro atoms. The maximum absolute atomic E-state index is 7.09. The van der Waals surface area contributed by atoms with Crippen molar-refractivity contribution in [1.29, 1.82) is 0 Å². The summed E-state index contributed by atoms with van der Waals surface area (Å²) in [7, 11) is 0. The molecule has 4 heteroatoms. The van der Waals surface area contributed by atoms with E-state index in [4.69, 9.17) is 8.83 Å². The third kappa shape index (κ3) is 8.87. The standard InChI is InChI=1S/C82H54N2O2/c1-7-25-55(26-8-1)61-37-23-39-63(49-61)83(65-45-47-71-77(51-65)85-81(59-33-15-5-16-34-59)79(71)57-29-11-3-12-30-57)75-53-73-68-42-20-22-44-70(68)76(54-74(73)67-41-19-21-43-69(67)75)84(64-40-24-38-62(50-64)56-27-9-2-10-28-56)66-46-48-72-78(52-66)86-82(60-35-17-6-18-36-60)80(72)58-31-13-4-14-32-58/h1-54H. The summed E-state index contributed by atoms with van der Waals surface area (Å²) in [5, 5.41) is 8.86. The summed E-state index contributed by atoms with van der Waals surface area (Å²) in [5.74, 6) is 1.69. The van der Waals surface area contributed by atoms with E-state index in [9.17, 15) is 0 Å². The molecule has 404 valence electrons. The summed E-state index contributed by atoms with van der Waals surface area (Å²) in [6.07, 6.45) is 0. The lowest BCUT2D eigenvalue weighted by Gasteiger charge is -2.30. The van der Waals surface area contributed by atoms with Crippen LogP contribution < -0.4 is 9.80 Å². The van der Waals surface area contributed by atoms with Gasteiger partial charge in [-0.2, -0.15) is 0 Å². The molecule has 0 unspecified atom stereocenters. The van der Waals surface area contributed by atoms with Crippen LogP contribution in [-0.4, -0.2) is 0 Å². The highest BCUT2D eigenvalue weighted by molar-refractivity contribution is 6.25. The van der Waals surface area contributed by atoms with Gasteiger partial charge in [-0.1, -0.05) is 255 Å². The minimum absolute atomic E-state index is 0.807. The summed E-state index contributed by atoms with van der Waals surface area (Å²) >= 11 is 0. The van der Waals surface area contributed by atoms with Crippen LogP contribution in [0.5, 0.6) is 0 Å². The molecule has 2 heterocycles. The van der Waals surface area contributed by atoms with Crippen LogP contribution in [0.4, 0.5) is 34.1 Å². The van der Waals surface area contributed by atoms with Crippen LogP contribution >= 0.6 is 0 Å². The van der Waals surface area contributed by atoms with Gasteiger partial charge in [0.25, 0.3) is 0 Å². The molecule has 14 aromatic carbocycles. The zero-order valence-electron chi connectivity index (χ0n) is 46.9. The summed E-state index contributed by atoms with van der Waals surface area (Å²) < 4.78 is 14.2. The predicted octanol–water partition coefficient (Wildman–Crippen LogP) is 23.6. The van der Waals surface area contributed by atoms with E-state index < -0.39 is 0 Å². The van der Waals surface area contributed by atoms with Gasteiger partial charge >= 0.3 is 0 Å². The molecule has 0 bridgehead atoms. The Morgan fingerprint density at radius 3 is 0.860 bits per heavy atom. The van der Waals surface area contributed by atoms with Gasteiger partial charge in [0, 0.05) is 78.7 Å². The minimum Gasteiger partial charge on any atom is -0.455 e. The Hall–Kier alpha value is -11.5. The highest BCUT2D eigenvalue weighted by atomic mass is 16.3. The Morgan fingerprint density at radius 2 is 0.488 bits per heavy atom. The average molecular weight is 1100 g/mol. The summed E-state index contributed by atoms with van der Waals surface area (Å²) in [5.41, 5.74) is 18.7. The van der Waals surface area contributed by atoms with Crippen molar-refractivity contribution in [3.05, 3.63) is 328 Å². The van der Waals surface area contributed by atoms with Crippen molar-refractivity contribution < 1.29 is 8.83 Å². The van der Waals surface area contributed by atoms with Crippen molar-refractivity contribution in [2.45, 2.75) is 0 Å². The van der Waals surface area contributed by atoms with Crippen LogP contribution in [0.2, 0.25) is 0 Å². The lowest BCUT2D eigenvalue weighted by Crippen LogP contribution is -2.12. The normalized spacial score (nSPS) is 11.5. The number of hydrogen-bond acceptors (Lipinski definition) is 4. The number of benzene rings is 14. The molecular formula is C82H54N2O2. The molecule has 4 nitrogen and oxygen atoms in total. The molecule has 0 radical (unpaired) electrons. The monoisotopic (exact) mass is 1100 g/mol. The van der Waals surface area contributed by atoms with Crippen molar-refractivity contribution >= 4 is 88.4 Å². The number of rotatable bonds is 12. The van der Waals surface area contributed by atoms with Crippen molar-refractivity contribution in [1.82, 2.24) is 0 Å². The lowest BCUT2D eigenvalue weighted by molar-refractivity contribution is 0.632. The van der Waals surface area contributed by atoms with Gasteiger partial charge in [0.05, 0.1) is 11.4 Å². The Kier molecular flexibility index (Phi) is 12.5. The highest BCUT2D eigenvalue weighted by Gasteiger charge is 2.26. The molecule has 0 aliphatic carbocycles. The van der Waals surface area contributed by atoms with Crippen LogP contribution in [0.1, 0.15) is 0 Å². The number of nitrogens with zero attached hydrogens (tertiary/aromatic N) is 2. The van der Waals surface area contributed by atoms with Gasteiger partial charge in [0.2, 0.25) is 0 Å². The van der Waals surface area contributed by atoms with Crippen molar-refractivity contribution in [3.8, 4) is 67.2 Å². The highest BCUT2D eigenvalue weighted by Crippen LogP contribution is 2.51. The fourth-order valence-electron chi connectivity index (χ4n) is 12.9. The van der Waals surface area contributed by atoms with Gasteiger partial charge in [0.15, 0.2) is 0 Å². The molecule has 2 aromatic heterocycles. The summed E-state index contributed by atoms with van der Waals surface area (Å²) in [4.78, 5) is 4.85. The number of furan rings is 2. The van der Waals surface area contributed by atoms with Crippen LogP contribution in [0, 0.1) is 0 Å². The first-order valence-corrected chi connectivity index (χ1v) is 29.3. The van der Waals surface area contributed by atoms with Crippen LogP contribution in [0.3, 0.4) is 0 Å². The summed E-state index contributed by atoms with van der Waals surface area (Å²) in [6.45, 7) is 0. The molecule has 86 heavy (non-hydrogen) atoms. The van der Waals surface area contributed by atoms with Crippen LogP contribution in [0.15, 0.2) is 336 Å². The minimum atomic E-state index is 0.807. The quantitative estimate of drug-likeness (QED) is 0.114. The third-order valence-corrected chi connectivity index (χ3v) is 16.8. The second kappa shape index (κ2) is 21.4. The molecule has 0 saturated carbocycles. The zero-order chi connectivity index (χ0) is 56.9. The molecular weight excluding hydrogens is 1040 g/mol. The van der Waals surface area contributed by atoms with Crippen molar-refractivity contribution in [3.63, 3.8) is 0 Å². The molecule has 16 aromatic rings. The first-order valence-electron chi connectivity index (χ1n) is 29.3. The van der Waals surface area contributed by atoms with E-state index in [1.54, 1.807) is 0 Å². The third-order valence-electron chi connectivity index (χ3n) is 16.8. The first kappa shape index (κ1) is 50.3. The van der Waals surface area contributed by atoms with Crippen molar-refractivity contribution in [2.75, 3.05) is 9.80 Å². The molecule has 0 saturated heterocycles. The lowest BCUT2D eigenvalue weighted by atomic mass is 9.93. The Labute approximate surface area is 499 Å². The van der Waals surface area contributed by atoms with E-state index in [2.05, 4.69) is 337 Å². The Bertz CT molecular complexity index is 4830. The van der Waals surface area contributed by atoms with Gasteiger partial charge < -0.3 is 18.6 Å². The predicted molar refractivity (Wildman–Crippen MR) is 360 cm³/mol. The largest absolute Gasteiger partial charge is 0.455 e. The topological polar surface area (TPSA) is 32.8 Å². The van der Waals surface area contributed by atoms with Crippen LogP contribution in [-0.2, 0) is 0 Å². The molecule has 0 amide bonds. The maximum Gasteiger partial charge on any atom is 0.143 e.